The van der Waals surface area contributed by atoms with E-state index in [1.807, 2.05) is 6.26 Å². The van der Waals surface area contributed by atoms with Crippen LogP contribution in [0.25, 0.3) is 0 Å². The topological polar surface area (TPSA) is 76.7 Å². The summed E-state index contributed by atoms with van der Waals surface area (Å²) in [5.74, 6) is 0.907. The minimum Gasteiger partial charge on any atom is -0.496 e. The van der Waals surface area contributed by atoms with Crippen LogP contribution in [0.4, 0.5) is 5.69 Å². The smallest absolute Gasteiger partial charge is 0.255 e. The van der Waals surface area contributed by atoms with Crippen molar-refractivity contribution in [2.24, 2.45) is 0 Å². The number of hydrogen-bond donors (Lipinski definition) is 2. The molecule has 0 spiro atoms. The molecule has 2 N–H and O–H groups in total. The van der Waals surface area contributed by atoms with Gasteiger partial charge < -0.3 is 20.1 Å². The zero-order valence-electron chi connectivity index (χ0n) is 16.0. The van der Waals surface area contributed by atoms with Crippen LogP contribution in [0.3, 0.4) is 0 Å². The highest BCUT2D eigenvalue weighted by Crippen LogP contribution is 2.28. The second-order valence-corrected chi connectivity index (χ2v) is 7.26. The molecule has 0 saturated heterocycles. The lowest BCUT2D eigenvalue weighted by Crippen LogP contribution is -2.44. The van der Waals surface area contributed by atoms with Crippen molar-refractivity contribution in [2.75, 3.05) is 31.5 Å². The number of halogens is 1. The summed E-state index contributed by atoms with van der Waals surface area (Å²) < 4.78 is 10.5. The standard InChI is InChI=1S/C20H23ClN2O4S/c1-26-17-7-5-4-6-14(17)19(24)22-15(10-11-28-3)20(25)23-16-12-13(21)8-9-18(16)27-2/h4-9,12,15H,10-11H2,1-3H3,(H,22,24)(H,23,25)/t15-/m1/s1. The van der Waals surface area contributed by atoms with Crippen molar-refractivity contribution in [3.05, 3.63) is 53.1 Å². The molecule has 150 valence electrons. The molecule has 0 unspecified atom stereocenters. The van der Waals surface area contributed by atoms with E-state index in [1.54, 1.807) is 54.2 Å². The number of hydrogen-bond acceptors (Lipinski definition) is 5. The summed E-state index contributed by atoms with van der Waals surface area (Å²) in [6, 6.07) is 11.1. The maximum absolute atomic E-state index is 12.9. The van der Waals surface area contributed by atoms with Crippen LogP contribution in [0.1, 0.15) is 16.8 Å². The summed E-state index contributed by atoms with van der Waals surface area (Å²) in [6.07, 6.45) is 2.41. The van der Waals surface area contributed by atoms with Gasteiger partial charge in [-0.2, -0.15) is 11.8 Å². The predicted molar refractivity (Wildman–Crippen MR) is 114 cm³/mol. The maximum Gasteiger partial charge on any atom is 0.255 e. The van der Waals surface area contributed by atoms with Crippen molar-refractivity contribution in [1.29, 1.82) is 0 Å². The molecule has 0 heterocycles. The Bertz CT molecular complexity index is 832. The number of nitrogens with one attached hydrogen (secondary N) is 2. The van der Waals surface area contributed by atoms with Crippen LogP contribution in [-0.4, -0.2) is 44.1 Å². The van der Waals surface area contributed by atoms with E-state index in [0.717, 1.165) is 0 Å². The first-order valence-corrected chi connectivity index (χ1v) is 10.3. The van der Waals surface area contributed by atoms with E-state index in [0.29, 0.717) is 39.9 Å². The Balaban J connectivity index is 2.19. The SMILES string of the molecule is COc1ccc(Cl)cc1NC(=O)[C@@H](CCSC)NC(=O)c1ccccc1OC. The molecule has 2 rings (SSSR count). The number of carbonyl (C=O) groups is 2. The molecule has 0 fully saturated rings. The Labute approximate surface area is 173 Å². The number of ether oxygens (including phenoxy) is 2. The number of carbonyl (C=O) groups excluding carboxylic acids is 2. The second kappa shape index (κ2) is 10.8. The van der Waals surface area contributed by atoms with Crippen LogP contribution in [0.15, 0.2) is 42.5 Å². The fourth-order valence-corrected chi connectivity index (χ4v) is 3.21. The van der Waals surface area contributed by atoms with Crippen molar-refractivity contribution in [3.63, 3.8) is 0 Å². The summed E-state index contributed by atoms with van der Waals surface area (Å²) in [4.78, 5) is 25.6. The zero-order chi connectivity index (χ0) is 20.5. The Morgan fingerprint density at radius 3 is 2.50 bits per heavy atom. The third-order valence-corrected chi connectivity index (χ3v) is 4.88. The fourth-order valence-electron chi connectivity index (χ4n) is 2.57. The number of amides is 2. The van der Waals surface area contributed by atoms with Crippen molar-refractivity contribution >= 4 is 40.9 Å². The van der Waals surface area contributed by atoms with E-state index in [4.69, 9.17) is 21.1 Å². The number of benzene rings is 2. The number of thioether (sulfide) groups is 1. The second-order valence-electron chi connectivity index (χ2n) is 5.84. The molecule has 0 bridgehead atoms. The summed E-state index contributed by atoms with van der Waals surface area (Å²) in [6.45, 7) is 0. The Hall–Kier alpha value is -2.38. The molecule has 0 saturated carbocycles. The molecule has 0 aliphatic heterocycles. The molecule has 0 aliphatic carbocycles. The third-order valence-electron chi connectivity index (χ3n) is 4.00. The fraction of sp³-hybridized carbons (Fsp3) is 0.300. The number of rotatable bonds is 9. The molecule has 2 amide bonds. The maximum atomic E-state index is 12.9. The van der Waals surface area contributed by atoms with Gasteiger partial charge in [-0.25, -0.2) is 0 Å². The van der Waals surface area contributed by atoms with Crippen molar-refractivity contribution in [3.8, 4) is 11.5 Å². The molecule has 0 aliphatic rings. The van der Waals surface area contributed by atoms with Gasteiger partial charge in [-0.3, -0.25) is 9.59 Å². The lowest BCUT2D eigenvalue weighted by molar-refractivity contribution is -0.118. The van der Waals surface area contributed by atoms with E-state index in [2.05, 4.69) is 10.6 Å². The Kier molecular flexibility index (Phi) is 8.47. The molecular weight excluding hydrogens is 400 g/mol. The highest BCUT2D eigenvalue weighted by Gasteiger charge is 2.23. The largest absolute Gasteiger partial charge is 0.496 e. The molecule has 28 heavy (non-hydrogen) atoms. The van der Waals surface area contributed by atoms with Gasteiger partial charge >= 0.3 is 0 Å². The van der Waals surface area contributed by atoms with Gasteiger partial charge in [0, 0.05) is 5.02 Å². The number of para-hydroxylation sites is 1. The van der Waals surface area contributed by atoms with Crippen LogP contribution >= 0.6 is 23.4 Å². The normalized spacial score (nSPS) is 11.4. The molecule has 0 radical (unpaired) electrons. The minimum absolute atomic E-state index is 0.349. The van der Waals surface area contributed by atoms with Gasteiger partial charge in [0.1, 0.15) is 17.5 Å². The average Bonchev–Trinajstić information content (AvgIpc) is 2.70. The van der Waals surface area contributed by atoms with Crippen LogP contribution in [0.5, 0.6) is 11.5 Å². The molecule has 2 aromatic carbocycles. The van der Waals surface area contributed by atoms with Crippen LogP contribution in [0, 0.1) is 0 Å². The first-order chi connectivity index (χ1) is 13.5. The third kappa shape index (κ3) is 5.81. The summed E-state index contributed by atoms with van der Waals surface area (Å²) in [7, 11) is 3.00. The highest BCUT2D eigenvalue weighted by atomic mass is 35.5. The van der Waals surface area contributed by atoms with Crippen molar-refractivity contribution in [1.82, 2.24) is 5.32 Å². The summed E-state index contributed by atoms with van der Waals surface area (Å²) in [5, 5.41) is 6.06. The Morgan fingerprint density at radius 1 is 1.11 bits per heavy atom. The summed E-state index contributed by atoms with van der Waals surface area (Å²) in [5.41, 5.74) is 0.813. The van der Waals surface area contributed by atoms with Gasteiger partial charge in [0.25, 0.3) is 5.91 Å². The molecular formula is C20H23ClN2O4S. The molecule has 2 aromatic rings. The van der Waals surface area contributed by atoms with E-state index in [1.165, 1.54) is 14.2 Å². The van der Waals surface area contributed by atoms with Gasteiger partial charge in [0.2, 0.25) is 5.91 Å². The molecule has 8 heteroatoms. The number of anilines is 1. The van der Waals surface area contributed by atoms with Gasteiger partial charge in [0.05, 0.1) is 25.5 Å². The van der Waals surface area contributed by atoms with E-state index in [-0.39, 0.29) is 11.8 Å². The van der Waals surface area contributed by atoms with E-state index < -0.39 is 6.04 Å². The lowest BCUT2D eigenvalue weighted by atomic mass is 10.1. The molecule has 6 nitrogen and oxygen atoms in total. The molecule has 1 atom stereocenters. The van der Waals surface area contributed by atoms with Gasteiger partial charge in [0.15, 0.2) is 0 Å². The van der Waals surface area contributed by atoms with Crippen LogP contribution in [-0.2, 0) is 4.79 Å². The summed E-state index contributed by atoms with van der Waals surface area (Å²) >= 11 is 7.62. The first-order valence-electron chi connectivity index (χ1n) is 8.57. The minimum atomic E-state index is -0.728. The Morgan fingerprint density at radius 2 is 1.82 bits per heavy atom. The van der Waals surface area contributed by atoms with Gasteiger partial charge in [-0.05, 0) is 48.8 Å². The zero-order valence-corrected chi connectivity index (χ0v) is 17.5. The molecule has 0 aromatic heterocycles. The van der Waals surface area contributed by atoms with Crippen molar-refractivity contribution in [2.45, 2.75) is 12.5 Å². The van der Waals surface area contributed by atoms with Gasteiger partial charge in [-0.1, -0.05) is 23.7 Å². The van der Waals surface area contributed by atoms with Gasteiger partial charge in [-0.15, -0.1) is 0 Å². The lowest BCUT2D eigenvalue weighted by Gasteiger charge is -2.20. The number of methoxy groups -OCH3 is 2. The first kappa shape index (κ1) is 21.9. The quantitative estimate of drug-likeness (QED) is 0.641. The average molecular weight is 423 g/mol. The van der Waals surface area contributed by atoms with Crippen LogP contribution in [0.2, 0.25) is 5.02 Å². The predicted octanol–water partition coefficient (Wildman–Crippen LogP) is 3.85. The monoisotopic (exact) mass is 422 g/mol. The van der Waals surface area contributed by atoms with Crippen molar-refractivity contribution < 1.29 is 19.1 Å². The van der Waals surface area contributed by atoms with Crippen LogP contribution < -0.4 is 20.1 Å². The van der Waals surface area contributed by atoms with E-state index in [9.17, 15) is 9.59 Å². The highest BCUT2D eigenvalue weighted by molar-refractivity contribution is 7.98. The van der Waals surface area contributed by atoms with E-state index >= 15 is 0 Å².